The molecular weight excluding hydrogens is 190 g/mol. The van der Waals surface area contributed by atoms with Gasteiger partial charge in [-0.15, -0.1) is 0 Å². The summed E-state index contributed by atoms with van der Waals surface area (Å²) >= 11 is 0. The summed E-state index contributed by atoms with van der Waals surface area (Å²) in [5, 5.41) is 7.08. The summed E-state index contributed by atoms with van der Waals surface area (Å²) in [6.07, 6.45) is 3.14. The molecule has 0 aliphatic rings. The fraction of sp³-hybridized carbons (Fsp3) is 0.636. The number of nitrogens with zero attached hydrogens (tertiary/aromatic N) is 2. The van der Waals surface area contributed by atoms with E-state index in [1.165, 1.54) is 0 Å². The van der Waals surface area contributed by atoms with E-state index in [2.05, 4.69) is 10.4 Å². The lowest BCUT2D eigenvalue weighted by molar-refractivity contribution is -0.122. The van der Waals surface area contributed by atoms with Crippen molar-refractivity contribution in [2.24, 2.45) is 13.0 Å². The minimum Gasteiger partial charge on any atom is -0.319 e. The summed E-state index contributed by atoms with van der Waals surface area (Å²) in [4.78, 5) is 11.7. The van der Waals surface area contributed by atoms with Crippen LogP contribution >= 0.6 is 0 Å². The number of carbonyl (C=O) groups is 1. The zero-order chi connectivity index (χ0) is 11.3. The number of carbonyl (C=O) groups excluding carboxylic acids is 1. The van der Waals surface area contributed by atoms with Crippen LogP contribution in [-0.4, -0.2) is 29.2 Å². The first-order chi connectivity index (χ1) is 7.15. The van der Waals surface area contributed by atoms with E-state index in [1.807, 2.05) is 31.8 Å². The summed E-state index contributed by atoms with van der Waals surface area (Å²) in [5.74, 6) is 0.411. The second kappa shape index (κ2) is 5.66. The maximum absolute atomic E-state index is 11.7. The number of rotatable bonds is 6. The molecule has 1 aromatic rings. The second-order valence-electron chi connectivity index (χ2n) is 3.87. The summed E-state index contributed by atoms with van der Waals surface area (Å²) in [6.45, 7) is 2.71. The third-order valence-corrected chi connectivity index (χ3v) is 2.61. The fourth-order valence-electron chi connectivity index (χ4n) is 1.56. The van der Waals surface area contributed by atoms with Crippen molar-refractivity contribution in [2.75, 3.05) is 13.6 Å². The third-order valence-electron chi connectivity index (χ3n) is 2.61. The number of aryl methyl sites for hydroxylation is 2. The zero-order valence-corrected chi connectivity index (χ0v) is 9.66. The van der Waals surface area contributed by atoms with Crippen molar-refractivity contribution < 1.29 is 4.79 Å². The van der Waals surface area contributed by atoms with E-state index in [1.54, 1.807) is 6.20 Å². The Hall–Kier alpha value is -1.16. The molecule has 1 unspecified atom stereocenters. The first kappa shape index (κ1) is 11.9. The van der Waals surface area contributed by atoms with E-state index >= 15 is 0 Å². The molecule has 1 heterocycles. The molecule has 1 N–H and O–H groups in total. The second-order valence-corrected chi connectivity index (χ2v) is 3.87. The Balaban J connectivity index is 2.37. The Kier molecular flexibility index (Phi) is 4.49. The van der Waals surface area contributed by atoms with E-state index in [4.69, 9.17) is 0 Å². The van der Waals surface area contributed by atoms with Crippen molar-refractivity contribution in [3.63, 3.8) is 0 Å². The Morgan fingerprint density at radius 3 is 2.93 bits per heavy atom. The monoisotopic (exact) mass is 209 g/mol. The van der Waals surface area contributed by atoms with Gasteiger partial charge in [-0.25, -0.2) is 0 Å². The largest absolute Gasteiger partial charge is 0.319 e. The van der Waals surface area contributed by atoms with Gasteiger partial charge in [0.05, 0.1) is 0 Å². The average molecular weight is 209 g/mol. The molecule has 0 saturated heterocycles. The predicted molar refractivity (Wildman–Crippen MR) is 59.6 cm³/mol. The van der Waals surface area contributed by atoms with Gasteiger partial charge in [0.1, 0.15) is 5.78 Å². The maximum Gasteiger partial charge on any atom is 0.137 e. The highest BCUT2D eigenvalue weighted by atomic mass is 16.1. The summed E-state index contributed by atoms with van der Waals surface area (Å²) in [6, 6.07) is 1.95. The molecule has 84 valence electrons. The van der Waals surface area contributed by atoms with Gasteiger partial charge < -0.3 is 5.32 Å². The minimum atomic E-state index is 0.100. The highest BCUT2D eigenvalue weighted by Gasteiger charge is 2.12. The highest BCUT2D eigenvalue weighted by molar-refractivity contribution is 5.81. The lowest BCUT2D eigenvalue weighted by Gasteiger charge is -2.09. The van der Waals surface area contributed by atoms with Crippen LogP contribution in [0.25, 0.3) is 0 Å². The van der Waals surface area contributed by atoms with Gasteiger partial charge in [0, 0.05) is 37.8 Å². The molecule has 1 rings (SSSR count). The van der Waals surface area contributed by atoms with Crippen LogP contribution in [0.5, 0.6) is 0 Å². The smallest absolute Gasteiger partial charge is 0.137 e. The predicted octanol–water partition coefficient (Wildman–Crippen LogP) is 0.777. The van der Waals surface area contributed by atoms with Crippen LogP contribution in [0, 0.1) is 5.92 Å². The molecule has 0 aliphatic heterocycles. The van der Waals surface area contributed by atoms with Crippen LogP contribution in [0.4, 0.5) is 0 Å². The van der Waals surface area contributed by atoms with Crippen LogP contribution in [0.3, 0.4) is 0 Å². The minimum absolute atomic E-state index is 0.100. The van der Waals surface area contributed by atoms with Crippen molar-refractivity contribution >= 4 is 5.78 Å². The van der Waals surface area contributed by atoms with Crippen LogP contribution in [-0.2, 0) is 18.3 Å². The number of nitrogens with one attached hydrogen (secondary N) is 1. The first-order valence-corrected chi connectivity index (χ1v) is 5.29. The molecule has 0 spiro atoms. The van der Waals surface area contributed by atoms with E-state index in [0.29, 0.717) is 12.2 Å². The summed E-state index contributed by atoms with van der Waals surface area (Å²) in [5.41, 5.74) is 1.11. The molecule has 0 amide bonds. The van der Waals surface area contributed by atoms with Crippen LogP contribution in [0.2, 0.25) is 0 Å². The van der Waals surface area contributed by atoms with E-state index in [-0.39, 0.29) is 5.92 Å². The molecule has 0 aromatic carbocycles. The Bertz CT molecular complexity index is 319. The lowest BCUT2D eigenvalue weighted by Crippen LogP contribution is -2.24. The highest BCUT2D eigenvalue weighted by Crippen LogP contribution is 2.05. The summed E-state index contributed by atoms with van der Waals surface area (Å²) < 4.78 is 1.82. The van der Waals surface area contributed by atoms with Gasteiger partial charge in [-0.3, -0.25) is 9.48 Å². The lowest BCUT2D eigenvalue weighted by atomic mass is 10.0. The number of Topliss-reactive ketones (excluding diaryl/α,β-unsaturated/α-hetero) is 1. The molecule has 1 atom stereocenters. The van der Waals surface area contributed by atoms with E-state index in [9.17, 15) is 4.79 Å². The molecule has 4 heteroatoms. The summed E-state index contributed by atoms with van der Waals surface area (Å²) in [7, 11) is 3.77. The van der Waals surface area contributed by atoms with Crippen molar-refractivity contribution in [1.29, 1.82) is 0 Å². The normalized spacial score (nSPS) is 12.7. The third kappa shape index (κ3) is 3.47. The standard InChI is InChI=1S/C11H19N3O/c1-9(8-12-2)11(15)5-4-10-6-7-13-14(10)3/h6-7,9,12H,4-5,8H2,1-3H3. The van der Waals surface area contributed by atoms with Gasteiger partial charge >= 0.3 is 0 Å². The van der Waals surface area contributed by atoms with Crippen molar-refractivity contribution in [2.45, 2.75) is 19.8 Å². The zero-order valence-electron chi connectivity index (χ0n) is 9.66. The van der Waals surface area contributed by atoms with Gasteiger partial charge in [-0.2, -0.15) is 5.10 Å². The fourth-order valence-corrected chi connectivity index (χ4v) is 1.56. The van der Waals surface area contributed by atoms with Crippen LogP contribution in [0.1, 0.15) is 19.0 Å². The number of aromatic nitrogens is 2. The van der Waals surface area contributed by atoms with Crippen molar-refractivity contribution in [3.8, 4) is 0 Å². The quantitative estimate of drug-likeness (QED) is 0.753. The van der Waals surface area contributed by atoms with Gasteiger partial charge in [-0.1, -0.05) is 6.92 Å². The van der Waals surface area contributed by atoms with Crippen LogP contribution in [0.15, 0.2) is 12.3 Å². The van der Waals surface area contributed by atoms with Gasteiger partial charge in [-0.05, 0) is 19.5 Å². The van der Waals surface area contributed by atoms with Crippen LogP contribution < -0.4 is 5.32 Å². The average Bonchev–Trinajstić information content (AvgIpc) is 2.61. The van der Waals surface area contributed by atoms with Crippen molar-refractivity contribution in [1.82, 2.24) is 15.1 Å². The molecule has 0 bridgehead atoms. The Morgan fingerprint density at radius 1 is 1.67 bits per heavy atom. The molecule has 15 heavy (non-hydrogen) atoms. The number of ketones is 1. The number of hydrogen-bond donors (Lipinski definition) is 1. The molecule has 0 saturated carbocycles. The van der Waals surface area contributed by atoms with Gasteiger partial charge in [0.25, 0.3) is 0 Å². The van der Waals surface area contributed by atoms with E-state index < -0.39 is 0 Å². The molecule has 1 aromatic heterocycles. The topological polar surface area (TPSA) is 46.9 Å². The molecular formula is C11H19N3O. The Labute approximate surface area is 90.7 Å². The SMILES string of the molecule is CNCC(C)C(=O)CCc1ccnn1C. The number of hydrogen-bond acceptors (Lipinski definition) is 3. The Morgan fingerprint density at radius 2 is 2.40 bits per heavy atom. The molecule has 0 fully saturated rings. The van der Waals surface area contributed by atoms with E-state index in [0.717, 1.165) is 18.7 Å². The molecule has 4 nitrogen and oxygen atoms in total. The molecule has 0 radical (unpaired) electrons. The van der Waals surface area contributed by atoms with Gasteiger partial charge in [0.2, 0.25) is 0 Å². The van der Waals surface area contributed by atoms with Gasteiger partial charge in [0.15, 0.2) is 0 Å². The maximum atomic E-state index is 11.7. The molecule has 0 aliphatic carbocycles. The van der Waals surface area contributed by atoms with Crippen molar-refractivity contribution in [3.05, 3.63) is 18.0 Å². The first-order valence-electron chi connectivity index (χ1n) is 5.29.